The quantitative estimate of drug-likeness (QED) is 0.250. The molecule has 5 aliphatic rings. The monoisotopic (exact) mass is 584 g/mol. The topological polar surface area (TPSA) is 119 Å². The molecule has 3 N–H and O–H groups in total. The summed E-state index contributed by atoms with van der Waals surface area (Å²) < 4.78 is 31.7. The molecule has 0 bridgehead atoms. The van der Waals surface area contributed by atoms with Crippen molar-refractivity contribution in [1.82, 2.24) is 4.90 Å². The Balaban J connectivity index is 1.43. The molecule has 0 saturated carbocycles. The Morgan fingerprint density at radius 3 is 2.52 bits per heavy atom. The Labute approximate surface area is 248 Å². The van der Waals surface area contributed by atoms with Gasteiger partial charge in [0.1, 0.15) is 12.2 Å². The van der Waals surface area contributed by atoms with Crippen LogP contribution in [0.1, 0.15) is 65.0 Å². The Bertz CT molecular complexity index is 1250. The largest absolute Gasteiger partial charge is 0.504 e. The van der Waals surface area contributed by atoms with Gasteiger partial charge < -0.3 is 39.0 Å². The highest BCUT2D eigenvalue weighted by molar-refractivity contribution is 6.62. The van der Waals surface area contributed by atoms with E-state index in [1.807, 2.05) is 33.8 Å². The molecule has 0 spiro atoms. The van der Waals surface area contributed by atoms with Crippen LogP contribution in [0, 0.1) is 11.8 Å². The molecule has 6 rings (SSSR count). The first-order chi connectivity index (χ1) is 20.0. The summed E-state index contributed by atoms with van der Waals surface area (Å²) >= 11 is 0. The molecule has 11 heteroatoms. The Kier molecular flexibility index (Phi) is 7.57. The van der Waals surface area contributed by atoms with Gasteiger partial charge in [0.25, 0.3) is 0 Å². The molecule has 5 atom stereocenters. The number of piperidine rings is 2. The van der Waals surface area contributed by atoms with Crippen LogP contribution >= 0.6 is 0 Å². The van der Waals surface area contributed by atoms with Crippen LogP contribution in [0.5, 0.6) is 0 Å². The summed E-state index contributed by atoms with van der Waals surface area (Å²) in [4.78, 5) is 15.4. The molecule has 4 saturated heterocycles. The number of ketones is 1. The lowest BCUT2D eigenvalue weighted by atomic mass is 9.66. The zero-order chi connectivity index (χ0) is 30.1. The van der Waals surface area contributed by atoms with Gasteiger partial charge in [-0.1, -0.05) is 19.4 Å². The van der Waals surface area contributed by atoms with Gasteiger partial charge in [0.05, 0.1) is 50.4 Å². The highest BCUT2D eigenvalue weighted by Gasteiger charge is 2.70. The molecule has 4 fully saturated rings. The van der Waals surface area contributed by atoms with Gasteiger partial charge >= 0.3 is 7.12 Å². The van der Waals surface area contributed by atoms with Crippen LogP contribution in [0.4, 0.5) is 5.69 Å². The highest BCUT2D eigenvalue weighted by Crippen LogP contribution is 2.60. The minimum atomic E-state index is -0.929. The molecule has 0 aliphatic carbocycles. The van der Waals surface area contributed by atoms with E-state index < -0.39 is 36.3 Å². The normalized spacial score (nSPS) is 35.1. The third-order valence-electron chi connectivity index (χ3n) is 10.8. The second-order valence-corrected chi connectivity index (χ2v) is 13.4. The summed E-state index contributed by atoms with van der Waals surface area (Å²) in [6.45, 7) is 12.0. The van der Waals surface area contributed by atoms with Gasteiger partial charge in [0.15, 0.2) is 11.5 Å². The van der Waals surface area contributed by atoms with Gasteiger partial charge in [0, 0.05) is 29.9 Å². The number of benzene rings is 1. The van der Waals surface area contributed by atoms with E-state index in [9.17, 15) is 15.0 Å². The van der Waals surface area contributed by atoms with E-state index in [0.29, 0.717) is 31.6 Å². The molecule has 0 unspecified atom stereocenters. The van der Waals surface area contributed by atoms with Gasteiger partial charge in [-0.2, -0.15) is 0 Å². The van der Waals surface area contributed by atoms with Crippen LogP contribution in [0.25, 0.3) is 0 Å². The lowest BCUT2D eigenvalue weighted by Gasteiger charge is -2.61. The predicted molar refractivity (Wildman–Crippen MR) is 157 cm³/mol. The fourth-order valence-corrected chi connectivity index (χ4v) is 8.09. The van der Waals surface area contributed by atoms with Gasteiger partial charge in [-0.15, -0.1) is 0 Å². The van der Waals surface area contributed by atoms with Gasteiger partial charge in [-0.05, 0) is 69.5 Å². The number of hydrogen-bond donors (Lipinski definition) is 3. The summed E-state index contributed by atoms with van der Waals surface area (Å²) in [6.07, 6.45) is 3.72. The number of nitrogens with one attached hydrogen (secondary N) is 1. The average molecular weight is 585 g/mol. The molecule has 0 aromatic heterocycles. The highest BCUT2D eigenvalue weighted by atomic mass is 16.7. The van der Waals surface area contributed by atoms with Gasteiger partial charge in [0.2, 0.25) is 0 Å². The van der Waals surface area contributed by atoms with E-state index in [-0.39, 0.29) is 30.3 Å². The van der Waals surface area contributed by atoms with Crippen molar-refractivity contribution in [2.75, 3.05) is 45.3 Å². The van der Waals surface area contributed by atoms with Crippen molar-refractivity contribution in [2.45, 2.75) is 89.1 Å². The minimum Gasteiger partial charge on any atom is -0.504 e. The number of carbonyl (C=O) groups excluding carboxylic acids is 1. The predicted octanol–water partition coefficient (Wildman–Crippen LogP) is 2.05. The molecular formula is C31H45BN2O8. The van der Waals surface area contributed by atoms with E-state index in [2.05, 4.69) is 23.2 Å². The number of anilines is 1. The average Bonchev–Trinajstić information content (AvgIpc) is 3.41. The summed E-state index contributed by atoms with van der Waals surface area (Å²) in [5.41, 5.74) is 1.15. The standard InChI is InChI=1S/C31H45BN2O8/c1-7-19-15-34-9-8-30-27-20(16-35)12-21(32-41-28(2,3)29(4,5)42-32)13-24(27)33-31(30,40-11-10-39-30)26(34)14-22(19)23(18-38-6)25(37)17-36/h12-13,18-19,22,26,33,35-36H,7-11,14-17H2,1-6H3/b23-18+/t19-,22+,26+,30+,31+/m1/s1. The molecule has 1 aromatic carbocycles. The van der Waals surface area contributed by atoms with Crippen LogP contribution in [-0.2, 0) is 40.5 Å². The SMILES string of the molecule is CC[C@@H]1CN2CC[C@@]34OCCO[C@@]3(Nc3cc(B5OC(C)(C)C(C)(C)O5)cc(CO)c34)[C@@H]2C[C@@H]1/C(=C\OC)C(=O)CO. The third-order valence-corrected chi connectivity index (χ3v) is 10.8. The maximum absolute atomic E-state index is 12.9. The first-order valence-corrected chi connectivity index (χ1v) is 15.3. The molecule has 10 nitrogen and oxygen atoms in total. The van der Waals surface area contributed by atoms with Crippen molar-refractivity contribution in [3.8, 4) is 0 Å². The van der Waals surface area contributed by atoms with Crippen LogP contribution in [0.3, 0.4) is 0 Å². The van der Waals surface area contributed by atoms with E-state index in [0.717, 1.165) is 41.8 Å². The summed E-state index contributed by atoms with van der Waals surface area (Å²) in [6, 6.07) is 3.90. The first-order valence-electron chi connectivity index (χ1n) is 15.3. The van der Waals surface area contributed by atoms with Crippen LogP contribution < -0.4 is 10.8 Å². The maximum Gasteiger partial charge on any atom is 0.494 e. The number of methoxy groups -OCH3 is 1. The maximum atomic E-state index is 12.9. The van der Waals surface area contributed by atoms with E-state index in [1.54, 1.807) is 0 Å². The number of Topliss-reactive ketones (excluding diaryl/α,β-unsaturated/α-hetero) is 1. The molecule has 1 aromatic rings. The number of fused-ring (bicyclic) bond motifs is 2. The summed E-state index contributed by atoms with van der Waals surface area (Å²) in [5.74, 6) is -0.209. The van der Waals surface area contributed by atoms with E-state index >= 15 is 0 Å². The first kappa shape index (κ1) is 30.1. The zero-order valence-corrected chi connectivity index (χ0v) is 25.7. The molecule has 230 valence electrons. The van der Waals surface area contributed by atoms with Crippen molar-refractivity contribution in [1.29, 1.82) is 0 Å². The number of carbonyl (C=O) groups is 1. The Morgan fingerprint density at radius 2 is 1.88 bits per heavy atom. The van der Waals surface area contributed by atoms with Crippen LogP contribution in [0.15, 0.2) is 24.0 Å². The van der Waals surface area contributed by atoms with Gasteiger partial charge in [-0.3, -0.25) is 9.69 Å². The smallest absolute Gasteiger partial charge is 0.494 e. The molecule has 42 heavy (non-hydrogen) atoms. The molecule has 5 heterocycles. The van der Waals surface area contributed by atoms with Crippen LogP contribution in [0.2, 0.25) is 0 Å². The second kappa shape index (κ2) is 10.6. The number of aliphatic hydroxyl groups excluding tert-OH is 2. The third kappa shape index (κ3) is 4.23. The number of rotatable bonds is 7. The summed E-state index contributed by atoms with van der Waals surface area (Å²) in [7, 11) is 0.952. The zero-order valence-electron chi connectivity index (χ0n) is 25.7. The van der Waals surface area contributed by atoms with Gasteiger partial charge in [-0.25, -0.2) is 0 Å². The molecule has 0 amide bonds. The molecule has 5 aliphatic heterocycles. The van der Waals surface area contributed by atoms with Crippen molar-refractivity contribution in [2.24, 2.45) is 11.8 Å². The molecule has 0 radical (unpaired) electrons. The number of hydrogen-bond acceptors (Lipinski definition) is 10. The van der Waals surface area contributed by atoms with Crippen molar-refractivity contribution in [3.63, 3.8) is 0 Å². The number of ether oxygens (including phenoxy) is 3. The summed E-state index contributed by atoms with van der Waals surface area (Å²) in [5, 5.41) is 24.3. The van der Waals surface area contributed by atoms with Crippen LogP contribution in [-0.4, -0.2) is 91.0 Å². The number of nitrogens with zero attached hydrogens (tertiary/aromatic N) is 1. The van der Waals surface area contributed by atoms with Crippen molar-refractivity contribution < 1.29 is 38.5 Å². The molecular weight excluding hydrogens is 539 g/mol. The Hall–Kier alpha value is -1.99. The lowest BCUT2D eigenvalue weighted by molar-refractivity contribution is -0.297. The fourth-order valence-electron chi connectivity index (χ4n) is 8.09. The fraction of sp³-hybridized carbons (Fsp3) is 0.710. The second-order valence-electron chi connectivity index (χ2n) is 13.4. The number of aliphatic hydroxyl groups is 2. The van der Waals surface area contributed by atoms with Crippen molar-refractivity contribution in [3.05, 3.63) is 35.1 Å². The Morgan fingerprint density at radius 1 is 1.17 bits per heavy atom. The van der Waals surface area contributed by atoms with E-state index in [1.165, 1.54) is 13.4 Å². The minimum absolute atomic E-state index is 0.116. The van der Waals surface area contributed by atoms with Crippen molar-refractivity contribution >= 4 is 24.1 Å². The van der Waals surface area contributed by atoms with E-state index in [4.69, 9.17) is 23.5 Å². The lowest BCUT2D eigenvalue weighted by Crippen LogP contribution is -2.75.